The number of carbonyl (C=O) groups is 3. The number of hydrogen-bond donors (Lipinski definition) is 2. The summed E-state index contributed by atoms with van der Waals surface area (Å²) in [6.07, 6.45) is -0.661. The molecule has 1 atom stereocenters. The molecule has 0 aliphatic heterocycles. The monoisotopic (exact) mass is 272 g/mol. The maximum Gasteiger partial charge on any atom is 0.408 e. The van der Waals surface area contributed by atoms with Crippen LogP contribution in [0, 0.1) is 5.92 Å². The molecular weight excluding hydrogens is 248 g/mol. The van der Waals surface area contributed by atoms with Crippen LogP contribution >= 0.6 is 0 Å². The fraction of sp³-hybridized carbons (Fsp3) is 0.769. The number of amides is 2. The van der Waals surface area contributed by atoms with Crippen molar-refractivity contribution in [1.82, 2.24) is 10.6 Å². The van der Waals surface area contributed by atoms with Gasteiger partial charge in [0.15, 0.2) is 5.78 Å². The minimum Gasteiger partial charge on any atom is -0.444 e. The summed E-state index contributed by atoms with van der Waals surface area (Å²) in [6.45, 7) is 10.1. The van der Waals surface area contributed by atoms with E-state index in [0.717, 1.165) is 0 Å². The zero-order valence-electron chi connectivity index (χ0n) is 12.5. The van der Waals surface area contributed by atoms with Crippen LogP contribution in [0.3, 0.4) is 0 Å². The van der Waals surface area contributed by atoms with Crippen molar-refractivity contribution < 1.29 is 19.1 Å². The lowest BCUT2D eigenvalue weighted by Gasteiger charge is -2.21. The second-order valence-corrected chi connectivity index (χ2v) is 5.76. The van der Waals surface area contributed by atoms with Crippen LogP contribution in [-0.2, 0) is 14.3 Å². The molecule has 0 unspecified atom stereocenters. The Labute approximate surface area is 114 Å². The SMILES string of the molecule is CC(=O)[C@@H](NC(=O)CNC(=O)OC(C)(C)C)C(C)C. The Morgan fingerprint density at radius 2 is 1.68 bits per heavy atom. The molecule has 0 fully saturated rings. The number of rotatable bonds is 5. The summed E-state index contributed by atoms with van der Waals surface area (Å²) >= 11 is 0. The van der Waals surface area contributed by atoms with Gasteiger partial charge in [-0.15, -0.1) is 0 Å². The van der Waals surface area contributed by atoms with Gasteiger partial charge < -0.3 is 15.4 Å². The van der Waals surface area contributed by atoms with E-state index in [0.29, 0.717) is 0 Å². The molecule has 0 aliphatic rings. The topological polar surface area (TPSA) is 84.5 Å². The highest BCUT2D eigenvalue weighted by Gasteiger charge is 2.21. The molecule has 0 aromatic carbocycles. The minimum absolute atomic E-state index is 0.00276. The number of nitrogens with one attached hydrogen (secondary N) is 2. The van der Waals surface area contributed by atoms with Crippen LogP contribution in [0.5, 0.6) is 0 Å². The molecule has 110 valence electrons. The molecule has 19 heavy (non-hydrogen) atoms. The molecule has 0 rings (SSSR count). The van der Waals surface area contributed by atoms with Crippen LogP contribution in [0.1, 0.15) is 41.5 Å². The van der Waals surface area contributed by atoms with E-state index in [9.17, 15) is 14.4 Å². The van der Waals surface area contributed by atoms with Gasteiger partial charge in [-0.05, 0) is 33.6 Å². The molecule has 0 radical (unpaired) electrons. The zero-order valence-corrected chi connectivity index (χ0v) is 12.5. The van der Waals surface area contributed by atoms with Gasteiger partial charge in [0.05, 0.1) is 6.04 Å². The first-order chi connectivity index (χ1) is 8.53. The number of alkyl carbamates (subject to hydrolysis) is 1. The minimum atomic E-state index is -0.661. The molecule has 0 aliphatic carbocycles. The van der Waals surface area contributed by atoms with Gasteiger partial charge in [-0.25, -0.2) is 4.79 Å². The van der Waals surface area contributed by atoms with E-state index in [4.69, 9.17) is 4.74 Å². The lowest BCUT2D eigenvalue weighted by atomic mass is 10.0. The molecule has 0 spiro atoms. The maximum atomic E-state index is 11.6. The number of ether oxygens (including phenoxy) is 1. The van der Waals surface area contributed by atoms with E-state index >= 15 is 0 Å². The van der Waals surface area contributed by atoms with Crippen LogP contribution in [-0.4, -0.2) is 36.0 Å². The highest BCUT2D eigenvalue weighted by atomic mass is 16.6. The van der Waals surface area contributed by atoms with Crippen molar-refractivity contribution >= 4 is 17.8 Å². The Morgan fingerprint density at radius 3 is 2.05 bits per heavy atom. The summed E-state index contributed by atoms with van der Waals surface area (Å²) < 4.78 is 4.99. The predicted molar refractivity (Wildman–Crippen MR) is 71.7 cm³/mol. The first-order valence-corrected chi connectivity index (χ1v) is 6.29. The van der Waals surface area contributed by atoms with Crippen molar-refractivity contribution in [3.63, 3.8) is 0 Å². The highest BCUT2D eigenvalue weighted by molar-refractivity contribution is 5.89. The molecule has 0 aromatic heterocycles. The molecule has 0 saturated heterocycles. The third-order valence-corrected chi connectivity index (χ3v) is 2.21. The Morgan fingerprint density at radius 1 is 1.16 bits per heavy atom. The smallest absolute Gasteiger partial charge is 0.408 e. The summed E-state index contributed by atoms with van der Waals surface area (Å²) in [4.78, 5) is 34.3. The van der Waals surface area contributed by atoms with Gasteiger partial charge in [0, 0.05) is 0 Å². The van der Waals surface area contributed by atoms with E-state index in [1.807, 2.05) is 13.8 Å². The number of ketones is 1. The van der Waals surface area contributed by atoms with Crippen molar-refractivity contribution in [2.75, 3.05) is 6.54 Å². The Bertz CT molecular complexity index is 345. The molecule has 0 saturated carbocycles. The molecule has 6 nitrogen and oxygen atoms in total. The summed E-state index contributed by atoms with van der Waals surface area (Å²) in [5.74, 6) is -0.525. The summed E-state index contributed by atoms with van der Waals surface area (Å²) in [7, 11) is 0. The zero-order chi connectivity index (χ0) is 15.2. The largest absolute Gasteiger partial charge is 0.444 e. The molecule has 0 heterocycles. The van der Waals surface area contributed by atoms with Crippen molar-refractivity contribution in [2.24, 2.45) is 5.92 Å². The van der Waals surface area contributed by atoms with E-state index < -0.39 is 23.6 Å². The van der Waals surface area contributed by atoms with E-state index in [2.05, 4.69) is 10.6 Å². The quantitative estimate of drug-likeness (QED) is 0.788. The summed E-state index contributed by atoms with van der Waals surface area (Å²) in [5, 5.41) is 4.91. The lowest BCUT2D eigenvalue weighted by molar-refractivity contribution is -0.127. The van der Waals surface area contributed by atoms with Gasteiger partial charge in [0.25, 0.3) is 0 Å². The van der Waals surface area contributed by atoms with Crippen molar-refractivity contribution in [1.29, 1.82) is 0 Å². The van der Waals surface area contributed by atoms with E-state index in [1.54, 1.807) is 20.8 Å². The third-order valence-electron chi connectivity index (χ3n) is 2.21. The number of hydrogen-bond acceptors (Lipinski definition) is 4. The first kappa shape index (κ1) is 17.4. The van der Waals surface area contributed by atoms with Crippen molar-refractivity contribution in [3.05, 3.63) is 0 Å². The Balaban J connectivity index is 4.19. The fourth-order valence-corrected chi connectivity index (χ4v) is 1.43. The lowest BCUT2D eigenvalue weighted by Crippen LogP contribution is -2.47. The number of carbonyl (C=O) groups excluding carboxylic acids is 3. The first-order valence-electron chi connectivity index (χ1n) is 6.29. The molecule has 6 heteroatoms. The van der Waals surface area contributed by atoms with Crippen molar-refractivity contribution in [2.45, 2.75) is 53.2 Å². The van der Waals surface area contributed by atoms with Crippen molar-refractivity contribution in [3.8, 4) is 0 Å². The highest BCUT2D eigenvalue weighted by Crippen LogP contribution is 2.06. The molecule has 2 N–H and O–H groups in total. The average molecular weight is 272 g/mol. The summed E-state index contributed by atoms with van der Waals surface area (Å²) in [5.41, 5.74) is -0.611. The maximum absolute atomic E-state index is 11.6. The van der Waals surface area contributed by atoms with Gasteiger partial charge in [-0.2, -0.15) is 0 Å². The van der Waals surface area contributed by atoms with Crippen LogP contribution in [0.25, 0.3) is 0 Å². The standard InChI is InChI=1S/C13H24N2O4/c1-8(2)11(9(3)16)15-10(17)7-14-12(18)19-13(4,5)6/h8,11H,7H2,1-6H3,(H,14,18)(H,15,17)/t11-/m0/s1. The fourth-order valence-electron chi connectivity index (χ4n) is 1.43. The normalized spacial score (nSPS) is 12.8. The van der Waals surface area contributed by atoms with Crippen LogP contribution < -0.4 is 10.6 Å². The third kappa shape index (κ3) is 8.18. The Hall–Kier alpha value is -1.59. The van der Waals surface area contributed by atoms with Crippen LogP contribution in [0.4, 0.5) is 4.79 Å². The van der Waals surface area contributed by atoms with Gasteiger partial charge in [-0.3, -0.25) is 9.59 Å². The molecular formula is C13H24N2O4. The molecule has 0 bridgehead atoms. The van der Waals surface area contributed by atoms with Gasteiger partial charge in [-0.1, -0.05) is 13.8 Å². The van der Waals surface area contributed by atoms with Crippen LogP contribution in [0.15, 0.2) is 0 Å². The number of Topliss-reactive ketones (excluding diaryl/α,β-unsaturated/α-hetero) is 1. The van der Waals surface area contributed by atoms with Gasteiger partial charge in [0.2, 0.25) is 5.91 Å². The summed E-state index contributed by atoms with van der Waals surface area (Å²) in [6, 6.07) is -0.534. The van der Waals surface area contributed by atoms with E-state index in [-0.39, 0.29) is 18.2 Å². The van der Waals surface area contributed by atoms with Crippen LogP contribution in [0.2, 0.25) is 0 Å². The Kier molecular flexibility index (Phi) is 6.52. The predicted octanol–water partition coefficient (Wildman–Crippen LogP) is 1.24. The molecule has 2 amide bonds. The molecule has 0 aromatic rings. The van der Waals surface area contributed by atoms with E-state index in [1.165, 1.54) is 6.92 Å². The van der Waals surface area contributed by atoms with Gasteiger partial charge >= 0.3 is 6.09 Å². The second-order valence-electron chi connectivity index (χ2n) is 5.76. The second kappa shape index (κ2) is 7.11. The average Bonchev–Trinajstić information content (AvgIpc) is 2.19. The van der Waals surface area contributed by atoms with Gasteiger partial charge in [0.1, 0.15) is 12.1 Å².